The van der Waals surface area contributed by atoms with Crippen molar-refractivity contribution in [3.63, 3.8) is 0 Å². The zero-order valence-electron chi connectivity index (χ0n) is 28.1. The average molecular weight is 646 g/mol. The zero-order chi connectivity index (χ0) is 33.6. The van der Waals surface area contributed by atoms with Gasteiger partial charge in [-0.1, -0.05) is 122 Å². The Labute approximate surface area is 293 Å². The second-order valence-corrected chi connectivity index (χ2v) is 13.4. The van der Waals surface area contributed by atoms with Crippen LogP contribution in [0.3, 0.4) is 0 Å². The van der Waals surface area contributed by atoms with E-state index in [1.165, 1.54) is 66.9 Å². The Hall–Kier alpha value is -6.06. The number of rotatable bonds is 5. The first-order valence-corrected chi connectivity index (χ1v) is 17.7. The van der Waals surface area contributed by atoms with Crippen molar-refractivity contribution in [2.45, 2.75) is 25.7 Å². The van der Waals surface area contributed by atoms with Crippen molar-refractivity contribution in [2.75, 3.05) is 17.2 Å². The fourth-order valence-electron chi connectivity index (χ4n) is 8.14. The number of nitrogens with zero attached hydrogens (tertiary/aromatic N) is 2. The van der Waals surface area contributed by atoms with Crippen LogP contribution in [0.1, 0.15) is 40.8 Å². The van der Waals surface area contributed by atoms with Gasteiger partial charge in [-0.3, -0.25) is 0 Å². The monoisotopic (exact) mass is 645 g/mol. The van der Waals surface area contributed by atoms with Crippen LogP contribution in [0, 0.1) is 0 Å². The Morgan fingerprint density at radius 2 is 1.34 bits per heavy atom. The number of benzene rings is 6. The molecule has 1 aliphatic carbocycles. The molecule has 1 aromatic heterocycles. The molecule has 2 heterocycles. The predicted molar refractivity (Wildman–Crippen MR) is 212 cm³/mol. The molecule has 3 nitrogen and oxygen atoms in total. The molecule has 9 rings (SSSR count). The maximum absolute atomic E-state index is 6.65. The topological polar surface area (TPSA) is 34.2 Å². The molecular weight excluding hydrogens is 607 g/mol. The molecule has 0 amide bonds. The third kappa shape index (κ3) is 5.05. The van der Waals surface area contributed by atoms with Crippen LogP contribution in [0.4, 0.5) is 17.1 Å². The summed E-state index contributed by atoms with van der Waals surface area (Å²) in [5.41, 5.74) is 22.3. The van der Waals surface area contributed by atoms with E-state index in [2.05, 4.69) is 161 Å². The molecule has 2 N–H and O–H groups in total. The number of nitrogens with two attached hydrogens (primary N) is 1. The molecule has 0 bridgehead atoms. The molecule has 0 saturated heterocycles. The van der Waals surface area contributed by atoms with E-state index in [1.54, 1.807) is 0 Å². The van der Waals surface area contributed by atoms with Crippen LogP contribution in [-0.2, 0) is 12.8 Å². The third-order valence-corrected chi connectivity index (χ3v) is 10.5. The van der Waals surface area contributed by atoms with Gasteiger partial charge >= 0.3 is 0 Å². The molecule has 3 heteroatoms. The molecule has 0 saturated carbocycles. The van der Waals surface area contributed by atoms with Gasteiger partial charge in [0.1, 0.15) is 0 Å². The fourth-order valence-corrected chi connectivity index (χ4v) is 8.14. The highest BCUT2D eigenvalue weighted by molar-refractivity contribution is 6.08. The van der Waals surface area contributed by atoms with Crippen molar-refractivity contribution < 1.29 is 0 Å². The second kappa shape index (κ2) is 12.4. The van der Waals surface area contributed by atoms with Gasteiger partial charge in [-0.05, 0) is 95.3 Å². The highest BCUT2D eigenvalue weighted by Crippen LogP contribution is 2.46. The first-order chi connectivity index (χ1) is 24.7. The number of fused-ring (bicyclic) bond motifs is 5. The van der Waals surface area contributed by atoms with E-state index in [-0.39, 0.29) is 0 Å². The predicted octanol–water partition coefficient (Wildman–Crippen LogP) is 11.5. The second-order valence-electron chi connectivity index (χ2n) is 13.4. The SMILES string of the molecule is C=C1/C(C2=CCCc3c2c2ccccc2n3-c2ccc(Cc3ccc4ccccc4c3N)cc2)=C\CCN(c2ccccc2)c2ccccc21. The molecule has 6 aromatic carbocycles. The van der Waals surface area contributed by atoms with Gasteiger partial charge in [0.2, 0.25) is 0 Å². The number of nitrogen functional groups attached to an aromatic ring is 1. The Morgan fingerprint density at radius 1 is 0.620 bits per heavy atom. The van der Waals surface area contributed by atoms with Crippen molar-refractivity contribution >= 4 is 49.9 Å². The van der Waals surface area contributed by atoms with Gasteiger partial charge in [-0.2, -0.15) is 0 Å². The smallest absolute Gasteiger partial charge is 0.0537 e. The number of allylic oxidation sites excluding steroid dienone is 4. The lowest BCUT2D eigenvalue weighted by atomic mass is 9.82. The summed E-state index contributed by atoms with van der Waals surface area (Å²) in [5.74, 6) is 0. The van der Waals surface area contributed by atoms with E-state index < -0.39 is 0 Å². The normalized spacial score (nSPS) is 15.5. The van der Waals surface area contributed by atoms with Gasteiger partial charge in [0, 0.05) is 56.9 Å². The first kappa shape index (κ1) is 30.0. The Bertz CT molecular complexity index is 2480. The van der Waals surface area contributed by atoms with Gasteiger partial charge < -0.3 is 15.2 Å². The van der Waals surface area contributed by atoms with Crippen LogP contribution in [0.5, 0.6) is 0 Å². The Kier molecular flexibility index (Phi) is 7.47. The van der Waals surface area contributed by atoms with Crippen molar-refractivity contribution in [3.05, 3.63) is 192 Å². The van der Waals surface area contributed by atoms with Crippen LogP contribution >= 0.6 is 0 Å². The van der Waals surface area contributed by atoms with E-state index in [9.17, 15) is 0 Å². The Morgan fingerprint density at radius 3 is 2.20 bits per heavy atom. The molecule has 0 atom stereocenters. The molecule has 242 valence electrons. The maximum atomic E-state index is 6.65. The number of hydrogen-bond acceptors (Lipinski definition) is 2. The zero-order valence-corrected chi connectivity index (χ0v) is 28.1. The minimum atomic E-state index is 0.799. The van der Waals surface area contributed by atoms with Crippen molar-refractivity contribution in [2.24, 2.45) is 0 Å². The van der Waals surface area contributed by atoms with Crippen LogP contribution in [-0.4, -0.2) is 11.1 Å². The largest absolute Gasteiger partial charge is 0.398 e. The summed E-state index contributed by atoms with van der Waals surface area (Å²) in [7, 11) is 0. The first-order valence-electron chi connectivity index (χ1n) is 17.7. The van der Waals surface area contributed by atoms with Crippen LogP contribution < -0.4 is 10.6 Å². The summed E-state index contributed by atoms with van der Waals surface area (Å²) in [6.45, 7) is 5.68. The lowest BCUT2D eigenvalue weighted by Crippen LogP contribution is -2.21. The minimum absolute atomic E-state index is 0.799. The van der Waals surface area contributed by atoms with Crippen LogP contribution in [0.15, 0.2) is 164 Å². The third-order valence-electron chi connectivity index (χ3n) is 10.5. The quantitative estimate of drug-likeness (QED) is 0.189. The minimum Gasteiger partial charge on any atom is -0.398 e. The summed E-state index contributed by atoms with van der Waals surface area (Å²) in [5, 5.41) is 3.59. The lowest BCUT2D eigenvalue weighted by molar-refractivity contribution is 0.882. The summed E-state index contributed by atoms with van der Waals surface area (Å²) < 4.78 is 2.49. The fraction of sp³-hybridized carbons (Fsp3) is 0.106. The molecule has 0 radical (unpaired) electrons. The molecule has 7 aromatic rings. The number of para-hydroxylation sites is 3. The molecular formula is C47H39N3. The summed E-state index contributed by atoms with van der Waals surface area (Å²) in [6.07, 6.45) is 8.57. The molecule has 50 heavy (non-hydrogen) atoms. The molecule has 0 unspecified atom stereocenters. The van der Waals surface area contributed by atoms with E-state index in [0.717, 1.165) is 54.4 Å². The molecule has 0 fully saturated rings. The van der Waals surface area contributed by atoms with Crippen LogP contribution in [0.25, 0.3) is 38.5 Å². The summed E-state index contributed by atoms with van der Waals surface area (Å²) in [6, 6.07) is 50.1. The summed E-state index contributed by atoms with van der Waals surface area (Å²) in [4.78, 5) is 2.43. The van der Waals surface area contributed by atoms with E-state index >= 15 is 0 Å². The number of aromatic nitrogens is 1. The van der Waals surface area contributed by atoms with Gasteiger partial charge in [0.15, 0.2) is 0 Å². The highest BCUT2D eigenvalue weighted by atomic mass is 15.1. The van der Waals surface area contributed by atoms with Gasteiger partial charge in [-0.25, -0.2) is 0 Å². The average Bonchev–Trinajstić information content (AvgIpc) is 3.51. The van der Waals surface area contributed by atoms with Gasteiger partial charge in [0.25, 0.3) is 0 Å². The van der Waals surface area contributed by atoms with E-state index in [0.29, 0.717) is 0 Å². The van der Waals surface area contributed by atoms with Crippen LogP contribution in [0.2, 0.25) is 0 Å². The number of hydrogen-bond donors (Lipinski definition) is 1. The number of anilines is 3. The van der Waals surface area contributed by atoms with E-state index in [4.69, 9.17) is 12.3 Å². The van der Waals surface area contributed by atoms with Gasteiger partial charge in [-0.15, -0.1) is 0 Å². The highest BCUT2D eigenvalue weighted by Gasteiger charge is 2.28. The van der Waals surface area contributed by atoms with Gasteiger partial charge in [0.05, 0.1) is 5.52 Å². The van der Waals surface area contributed by atoms with Crippen molar-refractivity contribution in [1.82, 2.24) is 4.57 Å². The van der Waals surface area contributed by atoms with Crippen molar-refractivity contribution in [1.29, 1.82) is 0 Å². The standard InChI is InChI=1S/C47H39N3/c1-32-38(20-12-30-49(36-14-3-2-4-15-36)43-21-9-7-16-39(32)43)41-19-11-23-45-46(41)42-18-8-10-22-44(42)50(45)37-28-24-33(25-29-37)31-35-27-26-34-13-5-6-17-40(34)47(35)48/h2-10,13-22,24-29H,1,11-12,23,30-31,48H2/b38-20+. The Balaban J connectivity index is 1.09. The maximum Gasteiger partial charge on any atom is 0.0537 e. The lowest BCUT2D eigenvalue weighted by Gasteiger charge is -2.31. The molecule has 1 aliphatic heterocycles. The summed E-state index contributed by atoms with van der Waals surface area (Å²) >= 11 is 0. The van der Waals surface area contributed by atoms with Crippen molar-refractivity contribution in [3.8, 4) is 5.69 Å². The van der Waals surface area contributed by atoms with E-state index in [1.807, 2.05) is 0 Å². The molecule has 2 aliphatic rings. The molecule has 0 spiro atoms.